The summed E-state index contributed by atoms with van der Waals surface area (Å²) in [7, 11) is 0. The molecule has 1 aromatic rings. The van der Waals surface area contributed by atoms with Gasteiger partial charge in [0.15, 0.2) is 0 Å². The highest BCUT2D eigenvalue weighted by atomic mass is 19.1. The lowest BCUT2D eigenvalue weighted by atomic mass is 9.90. The van der Waals surface area contributed by atoms with Crippen molar-refractivity contribution in [1.29, 1.82) is 0 Å². The molecule has 1 aromatic carbocycles. The summed E-state index contributed by atoms with van der Waals surface area (Å²) >= 11 is 0. The van der Waals surface area contributed by atoms with Gasteiger partial charge in [-0.25, -0.2) is 4.39 Å². The summed E-state index contributed by atoms with van der Waals surface area (Å²) < 4.78 is 13.9. The zero-order chi connectivity index (χ0) is 9.47. The van der Waals surface area contributed by atoms with Crippen molar-refractivity contribution in [1.82, 2.24) is 5.32 Å². The van der Waals surface area contributed by atoms with E-state index in [0.717, 1.165) is 5.56 Å². The smallest absolute Gasteiger partial charge is 0.145 e. The van der Waals surface area contributed by atoms with Crippen LogP contribution in [-0.2, 0) is 12.2 Å². The normalized spacial score (nSPS) is 26.9. The second-order valence-corrected chi connectivity index (χ2v) is 3.64. The largest absolute Gasteiger partial charge is 0.508 e. The van der Waals surface area contributed by atoms with Gasteiger partial charge in [-0.05, 0) is 30.2 Å². The highest BCUT2D eigenvalue weighted by molar-refractivity contribution is 5.39. The Morgan fingerprint density at radius 3 is 3.08 bits per heavy atom. The molecule has 2 rings (SSSR count). The molecule has 0 saturated heterocycles. The zero-order valence-corrected chi connectivity index (χ0v) is 7.47. The van der Waals surface area contributed by atoms with Crippen LogP contribution in [0.5, 0.6) is 5.75 Å². The molecule has 2 nitrogen and oxygen atoms in total. The number of halogens is 1. The quantitative estimate of drug-likeness (QED) is 0.638. The van der Waals surface area contributed by atoms with Crippen LogP contribution >= 0.6 is 0 Å². The maximum absolute atomic E-state index is 13.9. The molecule has 0 amide bonds. The zero-order valence-electron chi connectivity index (χ0n) is 7.47. The van der Waals surface area contributed by atoms with Gasteiger partial charge in [0.1, 0.15) is 11.4 Å². The van der Waals surface area contributed by atoms with Gasteiger partial charge in [0.2, 0.25) is 0 Å². The molecule has 0 aliphatic carbocycles. The molecular weight excluding hydrogens is 169 g/mol. The van der Waals surface area contributed by atoms with Crippen molar-refractivity contribution in [2.75, 3.05) is 6.54 Å². The number of hydrogen-bond acceptors (Lipinski definition) is 2. The van der Waals surface area contributed by atoms with E-state index in [0.29, 0.717) is 18.7 Å². The van der Waals surface area contributed by atoms with Gasteiger partial charge in [-0.3, -0.25) is 0 Å². The van der Waals surface area contributed by atoms with E-state index in [1.54, 1.807) is 19.1 Å². The van der Waals surface area contributed by atoms with E-state index in [4.69, 9.17) is 0 Å². The minimum atomic E-state index is -1.32. The van der Waals surface area contributed by atoms with Gasteiger partial charge in [0, 0.05) is 13.1 Å². The summed E-state index contributed by atoms with van der Waals surface area (Å²) in [5.41, 5.74) is 0.210. The number of benzene rings is 1. The number of aromatic hydroxyl groups is 1. The Labute approximate surface area is 76.4 Å². The van der Waals surface area contributed by atoms with E-state index in [1.165, 1.54) is 6.07 Å². The first-order valence-corrected chi connectivity index (χ1v) is 4.31. The van der Waals surface area contributed by atoms with Gasteiger partial charge in [-0.2, -0.15) is 0 Å². The monoisotopic (exact) mass is 181 g/mol. The van der Waals surface area contributed by atoms with Crippen LogP contribution in [0, 0.1) is 0 Å². The molecule has 1 aliphatic rings. The lowest BCUT2D eigenvalue weighted by Crippen LogP contribution is -2.37. The molecule has 1 unspecified atom stereocenters. The van der Waals surface area contributed by atoms with Crippen LogP contribution in [0.4, 0.5) is 4.39 Å². The first-order valence-electron chi connectivity index (χ1n) is 4.31. The summed E-state index contributed by atoms with van der Waals surface area (Å²) in [6.45, 7) is 2.52. The standard InChI is InChI=1S/C10H12FNO/c1-10(11)6-12-5-7-4-8(13)2-3-9(7)10/h2-4,12-13H,5-6H2,1H3. The number of hydrogen-bond donors (Lipinski definition) is 2. The van der Waals surface area contributed by atoms with Crippen LogP contribution in [0.25, 0.3) is 0 Å². The third kappa shape index (κ3) is 1.40. The van der Waals surface area contributed by atoms with E-state index in [1.807, 2.05) is 0 Å². The van der Waals surface area contributed by atoms with Crippen molar-refractivity contribution < 1.29 is 9.50 Å². The molecule has 0 aromatic heterocycles. The number of phenols is 1. The average molecular weight is 181 g/mol. The number of fused-ring (bicyclic) bond motifs is 1. The van der Waals surface area contributed by atoms with Crippen molar-refractivity contribution in [2.24, 2.45) is 0 Å². The van der Waals surface area contributed by atoms with Crippen molar-refractivity contribution in [3.05, 3.63) is 29.3 Å². The van der Waals surface area contributed by atoms with Gasteiger partial charge in [-0.1, -0.05) is 6.07 Å². The number of nitrogens with one attached hydrogen (secondary N) is 1. The van der Waals surface area contributed by atoms with E-state index in [9.17, 15) is 9.50 Å². The Kier molecular flexibility index (Phi) is 1.77. The number of alkyl halides is 1. The molecule has 1 atom stereocenters. The summed E-state index contributed by atoms with van der Waals surface area (Å²) in [6.07, 6.45) is 0. The summed E-state index contributed by atoms with van der Waals surface area (Å²) in [6, 6.07) is 4.80. The fraction of sp³-hybridized carbons (Fsp3) is 0.400. The topological polar surface area (TPSA) is 32.3 Å². The molecular formula is C10H12FNO. The first-order chi connectivity index (χ1) is 6.09. The van der Waals surface area contributed by atoms with Crippen LogP contribution in [0.1, 0.15) is 18.1 Å². The molecule has 1 heterocycles. The van der Waals surface area contributed by atoms with Crippen molar-refractivity contribution in [3.63, 3.8) is 0 Å². The Hall–Kier alpha value is -1.09. The third-order valence-electron chi connectivity index (χ3n) is 2.42. The van der Waals surface area contributed by atoms with Crippen molar-refractivity contribution >= 4 is 0 Å². The molecule has 3 heteroatoms. The predicted octanol–water partition coefficient (Wildman–Crippen LogP) is 1.68. The Morgan fingerprint density at radius 1 is 1.54 bits per heavy atom. The highest BCUT2D eigenvalue weighted by Crippen LogP contribution is 2.32. The highest BCUT2D eigenvalue weighted by Gasteiger charge is 2.31. The van der Waals surface area contributed by atoms with Gasteiger partial charge in [-0.15, -0.1) is 0 Å². The van der Waals surface area contributed by atoms with Gasteiger partial charge < -0.3 is 10.4 Å². The average Bonchev–Trinajstić information content (AvgIpc) is 2.02. The summed E-state index contributed by atoms with van der Waals surface area (Å²) in [4.78, 5) is 0. The van der Waals surface area contributed by atoms with Crippen LogP contribution in [0.3, 0.4) is 0 Å². The van der Waals surface area contributed by atoms with Gasteiger partial charge in [0.05, 0.1) is 0 Å². The fourth-order valence-corrected chi connectivity index (χ4v) is 1.76. The fourth-order valence-electron chi connectivity index (χ4n) is 1.76. The minimum Gasteiger partial charge on any atom is -0.508 e. The predicted molar refractivity (Wildman–Crippen MR) is 48.3 cm³/mol. The Morgan fingerprint density at radius 2 is 2.31 bits per heavy atom. The molecule has 0 bridgehead atoms. The summed E-state index contributed by atoms with van der Waals surface area (Å²) in [5, 5.41) is 12.2. The molecule has 0 fully saturated rings. The number of rotatable bonds is 0. The van der Waals surface area contributed by atoms with E-state index in [2.05, 4.69) is 5.32 Å². The van der Waals surface area contributed by atoms with Crippen LogP contribution in [-0.4, -0.2) is 11.7 Å². The summed E-state index contributed by atoms with van der Waals surface area (Å²) in [5.74, 6) is 0.193. The van der Waals surface area contributed by atoms with Crippen LogP contribution in [0.2, 0.25) is 0 Å². The minimum absolute atomic E-state index is 0.193. The van der Waals surface area contributed by atoms with Crippen molar-refractivity contribution in [3.8, 4) is 5.75 Å². The van der Waals surface area contributed by atoms with Crippen molar-refractivity contribution in [2.45, 2.75) is 19.1 Å². The molecule has 2 N–H and O–H groups in total. The van der Waals surface area contributed by atoms with Crippen LogP contribution in [0.15, 0.2) is 18.2 Å². The van der Waals surface area contributed by atoms with E-state index in [-0.39, 0.29) is 5.75 Å². The van der Waals surface area contributed by atoms with Gasteiger partial charge >= 0.3 is 0 Å². The molecule has 13 heavy (non-hydrogen) atoms. The second kappa shape index (κ2) is 2.70. The van der Waals surface area contributed by atoms with E-state index < -0.39 is 5.67 Å². The maximum Gasteiger partial charge on any atom is 0.145 e. The Bertz CT molecular complexity index is 336. The first kappa shape index (κ1) is 8.51. The molecule has 70 valence electrons. The molecule has 1 aliphatic heterocycles. The second-order valence-electron chi connectivity index (χ2n) is 3.64. The molecule has 0 saturated carbocycles. The van der Waals surface area contributed by atoms with Crippen LogP contribution < -0.4 is 5.32 Å². The lowest BCUT2D eigenvalue weighted by molar-refractivity contribution is 0.173. The maximum atomic E-state index is 13.9. The van der Waals surface area contributed by atoms with Gasteiger partial charge in [0.25, 0.3) is 0 Å². The lowest BCUT2D eigenvalue weighted by Gasteiger charge is -2.29. The SMILES string of the molecule is CC1(F)CNCc2cc(O)ccc21. The Balaban J connectivity index is 2.53. The molecule has 0 spiro atoms. The van der Waals surface area contributed by atoms with E-state index >= 15 is 0 Å². The number of phenolic OH excluding ortho intramolecular Hbond substituents is 1. The molecule has 0 radical (unpaired) electrons. The third-order valence-corrected chi connectivity index (χ3v) is 2.42.